The number of aliphatic hydroxyl groups is 1. The Labute approximate surface area is 51.1 Å². The molecule has 0 aromatic carbocycles. The minimum atomic E-state index is -2.81. The van der Waals surface area contributed by atoms with E-state index in [-0.39, 0.29) is 0 Å². The molecule has 0 fully saturated rings. The molecule has 0 heterocycles. The van der Waals surface area contributed by atoms with Crippen LogP contribution in [0.2, 0.25) is 0 Å². The third kappa shape index (κ3) is 5.92. The minimum Gasteiger partial charge on any atom is -0.388 e. The van der Waals surface area contributed by atoms with E-state index in [2.05, 4.69) is 4.74 Å². The summed E-state index contributed by atoms with van der Waals surface area (Å²) >= 11 is 0. The Morgan fingerprint density at radius 1 is 2.14 bits per heavy atom. The van der Waals surface area contributed by atoms with Crippen molar-refractivity contribution in [2.45, 2.75) is 19.4 Å². The number of hydrogen-bond donors (Lipinski definition) is 1. The van der Waals surface area contributed by atoms with Gasteiger partial charge in [0.25, 0.3) is 0 Å². The first-order valence-corrected chi connectivity index (χ1v) is 1.84. The van der Waals surface area contributed by atoms with Crippen molar-refractivity contribution in [2.24, 2.45) is 0 Å². The van der Waals surface area contributed by atoms with Gasteiger partial charge in [-0.2, -0.15) is 0 Å². The summed E-state index contributed by atoms with van der Waals surface area (Å²) in [6.45, 7) is -4.52. The predicted octanol–water partition coefficient (Wildman–Crippen LogP) is 0.404. The van der Waals surface area contributed by atoms with Gasteiger partial charge in [-0.25, -0.2) is 0 Å². The van der Waals surface area contributed by atoms with E-state index in [9.17, 15) is 5.11 Å². The molecule has 0 saturated carbocycles. The second-order valence-electron chi connectivity index (χ2n) is 1.38. The van der Waals surface area contributed by atoms with Crippen molar-refractivity contribution in [1.29, 1.82) is 0 Å². The maximum absolute atomic E-state index is 9.32. The van der Waals surface area contributed by atoms with E-state index in [0.717, 1.165) is 14.0 Å². The lowest BCUT2D eigenvalue weighted by atomic mass is 10.2. The van der Waals surface area contributed by atoms with E-state index >= 15 is 0 Å². The van der Waals surface area contributed by atoms with E-state index in [4.69, 9.17) is 6.85 Å². The van der Waals surface area contributed by atoms with Crippen molar-refractivity contribution >= 4 is 0 Å². The molecule has 0 aromatic heterocycles. The van der Waals surface area contributed by atoms with Gasteiger partial charge in [0, 0.05) is 11.2 Å². The van der Waals surface area contributed by atoms with E-state index in [1.54, 1.807) is 0 Å². The summed E-state index contributed by atoms with van der Waals surface area (Å²) in [5.74, 6) is 0. The molecule has 7 heavy (non-hydrogen) atoms. The SMILES string of the molecule is [2H]C([2H])([2H])C(C)(O)C([2H])([2H])OC. The molecule has 2 nitrogen and oxygen atoms in total. The molecular weight excluding hydrogens is 92.1 g/mol. The van der Waals surface area contributed by atoms with Gasteiger partial charge in [-0.3, -0.25) is 0 Å². The molecule has 0 bridgehead atoms. The summed E-state index contributed by atoms with van der Waals surface area (Å²) in [6.07, 6.45) is 0. The maximum atomic E-state index is 9.32. The highest BCUT2D eigenvalue weighted by molar-refractivity contribution is 4.61. The van der Waals surface area contributed by atoms with Crippen LogP contribution in [0.25, 0.3) is 0 Å². The summed E-state index contributed by atoms with van der Waals surface area (Å²) in [5.41, 5.74) is -2.51. The predicted molar refractivity (Wildman–Crippen MR) is 28.2 cm³/mol. The van der Waals surface area contributed by atoms with Crippen molar-refractivity contribution in [3.8, 4) is 0 Å². The number of rotatable bonds is 2. The molecular formula is C5H12O2. The lowest BCUT2D eigenvalue weighted by Gasteiger charge is -2.13. The van der Waals surface area contributed by atoms with Crippen molar-refractivity contribution < 1.29 is 16.7 Å². The quantitative estimate of drug-likeness (QED) is 0.556. The second kappa shape index (κ2) is 2.28. The molecule has 1 atom stereocenters. The van der Waals surface area contributed by atoms with Gasteiger partial charge in [0.15, 0.2) is 0 Å². The van der Waals surface area contributed by atoms with Crippen molar-refractivity contribution in [3.05, 3.63) is 0 Å². The smallest absolute Gasteiger partial charge is 0.0824 e. The lowest BCUT2D eigenvalue weighted by Crippen LogP contribution is -2.24. The Kier molecular flexibility index (Phi) is 0.664. The molecule has 44 valence electrons. The van der Waals surface area contributed by atoms with Crippen LogP contribution >= 0.6 is 0 Å². The van der Waals surface area contributed by atoms with E-state index in [1.165, 1.54) is 0 Å². The molecule has 0 saturated heterocycles. The zero-order chi connectivity index (χ0) is 10.2. The van der Waals surface area contributed by atoms with Gasteiger partial charge in [0.1, 0.15) is 0 Å². The van der Waals surface area contributed by atoms with Crippen molar-refractivity contribution in [2.75, 3.05) is 13.7 Å². The van der Waals surface area contributed by atoms with Gasteiger partial charge in [0.05, 0.1) is 14.9 Å². The monoisotopic (exact) mass is 109 g/mol. The van der Waals surface area contributed by atoms with Gasteiger partial charge >= 0.3 is 0 Å². The van der Waals surface area contributed by atoms with Crippen LogP contribution in [-0.2, 0) is 4.74 Å². The molecule has 0 aromatic rings. The first-order valence-electron chi connectivity index (χ1n) is 4.34. The molecule has 2 heteroatoms. The van der Waals surface area contributed by atoms with Gasteiger partial charge in [0.2, 0.25) is 0 Å². The Morgan fingerprint density at radius 3 is 2.86 bits per heavy atom. The average Bonchev–Trinajstić information content (AvgIpc) is 1.85. The van der Waals surface area contributed by atoms with Crippen LogP contribution in [0.3, 0.4) is 0 Å². The maximum Gasteiger partial charge on any atom is 0.0824 e. The summed E-state index contributed by atoms with van der Waals surface area (Å²) in [6, 6.07) is 0. The number of hydrogen-bond acceptors (Lipinski definition) is 2. The molecule has 0 aliphatic heterocycles. The third-order valence-corrected chi connectivity index (χ3v) is 0.301. The molecule has 0 spiro atoms. The van der Waals surface area contributed by atoms with Crippen molar-refractivity contribution in [3.63, 3.8) is 0 Å². The highest BCUT2D eigenvalue weighted by atomic mass is 16.5. The number of ether oxygens (including phenoxy) is 1. The fourth-order valence-electron chi connectivity index (χ4n) is 0.199. The van der Waals surface area contributed by atoms with E-state index < -0.39 is 19.0 Å². The van der Waals surface area contributed by atoms with Crippen LogP contribution in [0, 0.1) is 0 Å². The largest absolute Gasteiger partial charge is 0.388 e. The highest BCUT2D eigenvalue weighted by Gasteiger charge is 2.09. The van der Waals surface area contributed by atoms with Gasteiger partial charge < -0.3 is 9.84 Å². The van der Waals surface area contributed by atoms with Crippen LogP contribution in [0.15, 0.2) is 0 Å². The lowest BCUT2D eigenvalue weighted by molar-refractivity contribution is -0.00196. The standard InChI is InChI=1S/C5H12O2/c1-5(2,6)4-7-3/h6H,4H2,1-3H3/i1D3,4D2. The molecule has 0 amide bonds. The molecule has 0 aliphatic carbocycles. The average molecular weight is 109 g/mol. The summed E-state index contributed by atoms with van der Waals surface area (Å²) < 4.78 is 39.0. The van der Waals surface area contributed by atoms with Gasteiger partial charge in [-0.05, 0) is 13.8 Å². The van der Waals surface area contributed by atoms with Gasteiger partial charge in [-0.15, -0.1) is 0 Å². The van der Waals surface area contributed by atoms with Crippen LogP contribution in [0.4, 0.5) is 0 Å². The Balaban J connectivity index is 4.85. The third-order valence-electron chi connectivity index (χ3n) is 0.301. The topological polar surface area (TPSA) is 29.5 Å². The van der Waals surface area contributed by atoms with Crippen LogP contribution in [0.1, 0.15) is 20.6 Å². The van der Waals surface area contributed by atoms with Crippen molar-refractivity contribution in [1.82, 2.24) is 0 Å². The Hall–Kier alpha value is -0.0800. The second-order valence-corrected chi connectivity index (χ2v) is 1.38. The van der Waals surface area contributed by atoms with Crippen LogP contribution in [-0.4, -0.2) is 24.4 Å². The molecule has 1 unspecified atom stereocenters. The zero-order valence-corrected chi connectivity index (χ0v) is 4.36. The Morgan fingerprint density at radius 2 is 2.71 bits per heavy atom. The first-order chi connectivity index (χ1) is 5.06. The first kappa shape index (κ1) is 2.03. The van der Waals surface area contributed by atoms with E-state index in [0.29, 0.717) is 0 Å². The summed E-state index contributed by atoms with van der Waals surface area (Å²) in [4.78, 5) is 0. The summed E-state index contributed by atoms with van der Waals surface area (Å²) in [7, 11) is 1.00. The molecule has 0 aliphatic rings. The fourth-order valence-corrected chi connectivity index (χ4v) is 0.199. The van der Waals surface area contributed by atoms with Gasteiger partial charge in [-0.1, -0.05) is 0 Å². The molecule has 0 radical (unpaired) electrons. The normalized spacial score (nSPS) is 33.3. The Bertz CT molecular complexity index is 162. The van der Waals surface area contributed by atoms with Crippen LogP contribution in [0.5, 0.6) is 0 Å². The fraction of sp³-hybridized carbons (Fsp3) is 1.00. The highest BCUT2D eigenvalue weighted by Crippen LogP contribution is 1.98. The minimum absolute atomic E-state index is 0.878. The number of methoxy groups -OCH3 is 1. The van der Waals surface area contributed by atoms with E-state index in [1.807, 2.05) is 0 Å². The molecule has 0 rings (SSSR count). The summed E-state index contributed by atoms with van der Waals surface area (Å²) in [5, 5.41) is 9.32. The van der Waals surface area contributed by atoms with Crippen LogP contribution < -0.4 is 0 Å². The zero-order valence-electron chi connectivity index (χ0n) is 9.36. The molecule has 1 N–H and O–H groups in total.